The second-order valence-electron chi connectivity index (χ2n) is 5.12. The highest BCUT2D eigenvalue weighted by atomic mass is 32.1. The average molecular weight is 306 g/mol. The highest BCUT2D eigenvalue weighted by Gasteiger charge is 2.16. The van der Waals surface area contributed by atoms with Gasteiger partial charge in [-0.25, -0.2) is 4.79 Å². The van der Waals surface area contributed by atoms with Gasteiger partial charge in [0.2, 0.25) is 0 Å². The van der Waals surface area contributed by atoms with Gasteiger partial charge in [0.05, 0.1) is 6.54 Å². The van der Waals surface area contributed by atoms with E-state index in [0.29, 0.717) is 12.6 Å². The van der Waals surface area contributed by atoms with Crippen LogP contribution < -0.4 is 10.6 Å². The van der Waals surface area contributed by atoms with Gasteiger partial charge in [-0.15, -0.1) is 11.3 Å². The van der Waals surface area contributed by atoms with Gasteiger partial charge in [0.1, 0.15) is 0 Å². The van der Waals surface area contributed by atoms with E-state index in [1.807, 2.05) is 0 Å². The third-order valence-corrected chi connectivity index (χ3v) is 5.24. The van der Waals surface area contributed by atoms with E-state index in [1.54, 1.807) is 22.7 Å². The standard InChI is InChI=1S/C15H18N2OS2/c18-15(17-13-3-1-2-4-13)16-8-14-7-12(10-20-14)11-5-6-19-9-11/h5-7,9-10,13H,1-4,8H2,(H2,16,17,18). The molecule has 1 saturated carbocycles. The summed E-state index contributed by atoms with van der Waals surface area (Å²) in [5.41, 5.74) is 2.50. The van der Waals surface area contributed by atoms with Gasteiger partial charge in [0, 0.05) is 10.9 Å². The summed E-state index contributed by atoms with van der Waals surface area (Å²) in [4.78, 5) is 13.0. The van der Waals surface area contributed by atoms with Crippen LogP contribution in [0.4, 0.5) is 4.79 Å². The zero-order valence-electron chi connectivity index (χ0n) is 11.2. The predicted molar refractivity (Wildman–Crippen MR) is 85.3 cm³/mol. The molecule has 3 rings (SSSR count). The van der Waals surface area contributed by atoms with Gasteiger partial charge in [-0.1, -0.05) is 12.8 Å². The smallest absolute Gasteiger partial charge is 0.315 e. The van der Waals surface area contributed by atoms with Crippen molar-refractivity contribution in [1.82, 2.24) is 10.6 Å². The summed E-state index contributed by atoms with van der Waals surface area (Å²) in [5.74, 6) is 0. The Kier molecular flexibility index (Phi) is 4.38. The summed E-state index contributed by atoms with van der Waals surface area (Å²) in [7, 11) is 0. The molecular formula is C15H18N2OS2. The Labute approximate surface area is 127 Å². The van der Waals surface area contributed by atoms with Crippen molar-refractivity contribution >= 4 is 28.7 Å². The number of urea groups is 1. The fourth-order valence-electron chi connectivity index (χ4n) is 2.53. The zero-order valence-corrected chi connectivity index (χ0v) is 12.9. The number of nitrogens with one attached hydrogen (secondary N) is 2. The Balaban J connectivity index is 1.49. The first-order valence-corrected chi connectivity index (χ1v) is 8.78. The van der Waals surface area contributed by atoms with Gasteiger partial charge in [0.15, 0.2) is 0 Å². The lowest BCUT2D eigenvalue weighted by Gasteiger charge is -2.12. The molecule has 0 bridgehead atoms. The monoisotopic (exact) mass is 306 g/mol. The number of rotatable bonds is 4. The largest absolute Gasteiger partial charge is 0.335 e. The lowest BCUT2D eigenvalue weighted by Crippen LogP contribution is -2.40. The van der Waals surface area contributed by atoms with Crippen molar-refractivity contribution in [1.29, 1.82) is 0 Å². The van der Waals surface area contributed by atoms with Crippen LogP contribution >= 0.6 is 22.7 Å². The third kappa shape index (κ3) is 3.41. The summed E-state index contributed by atoms with van der Waals surface area (Å²) in [5, 5.41) is 12.4. The lowest BCUT2D eigenvalue weighted by molar-refractivity contribution is 0.237. The Bertz CT molecular complexity index is 556. The molecule has 2 amide bonds. The van der Waals surface area contributed by atoms with Crippen molar-refractivity contribution < 1.29 is 4.79 Å². The topological polar surface area (TPSA) is 41.1 Å². The Hall–Kier alpha value is -1.33. The summed E-state index contributed by atoms with van der Waals surface area (Å²) in [6.45, 7) is 0.605. The second-order valence-corrected chi connectivity index (χ2v) is 6.90. The van der Waals surface area contributed by atoms with Crippen LogP contribution in [0, 0.1) is 0 Å². The van der Waals surface area contributed by atoms with Crippen molar-refractivity contribution in [2.24, 2.45) is 0 Å². The van der Waals surface area contributed by atoms with E-state index < -0.39 is 0 Å². The maximum Gasteiger partial charge on any atom is 0.315 e. The van der Waals surface area contributed by atoms with Gasteiger partial charge in [-0.2, -0.15) is 11.3 Å². The van der Waals surface area contributed by atoms with Crippen LogP contribution in [-0.4, -0.2) is 12.1 Å². The van der Waals surface area contributed by atoms with Crippen LogP contribution in [0.3, 0.4) is 0 Å². The molecule has 1 fully saturated rings. The number of thiophene rings is 2. The molecule has 2 heterocycles. The summed E-state index contributed by atoms with van der Waals surface area (Å²) >= 11 is 3.40. The molecule has 1 aliphatic carbocycles. The highest BCUT2D eigenvalue weighted by Crippen LogP contribution is 2.27. The van der Waals surface area contributed by atoms with Gasteiger partial charge in [-0.05, 0) is 52.2 Å². The molecule has 2 aromatic heterocycles. The first-order chi connectivity index (χ1) is 9.81. The summed E-state index contributed by atoms with van der Waals surface area (Å²) < 4.78 is 0. The molecule has 1 aliphatic rings. The molecular weight excluding hydrogens is 288 g/mol. The van der Waals surface area contributed by atoms with E-state index in [2.05, 4.69) is 38.9 Å². The normalized spacial score (nSPS) is 15.4. The predicted octanol–water partition coefficient (Wildman–Crippen LogP) is 4.22. The van der Waals surface area contributed by atoms with Crippen LogP contribution in [-0.2, 0) is 6.54 Å². The molecule has 3 nitrogen and oxygen atoms in total. The first-order valence-electron chi connectivity index (χ1n) is 6.95. The van der Waals surface area contributed by atoms with Crippen molar-refractivity contribution in [2.75, 3.05) is 0 Å². The van der Waals surface area contributed by atoms with Crippen LogP contribution in [0.5, 0.6) is 0 Å². The van der Waals surface area contributed by atoms with E-state index >= 15 is 0 Å². The maximum atomic E-state index is 11.8. The van der Waals surface area contributed by atoms with Crippen molar-refractivity contribution in [3.05, 3.63) is 33.2 Å². The van der Waals surface area contributed by atoms with Crippen molar-refractivity contribution in [2.45, 2.75) is 38.3 Å². The molecule has 0 aromatic carbocycles. The number of hydrogen-bond donors (Lipinski definition) is 2. The van der Waals surface area contributed by atoms with Crippen molar-refractivity contribution in [3.63, 3.8) is 0 Å². The molecule has 2 aromatic rings. The molecule has 0 unspecified atom stereocenters. The molecule has 0 atom stereocenters. The Morgan fingerprint density at radius 2 is 2.10 bits per heavy atom. The summed E-state index contributed by atoms with van der Waals surface area (Å²) in [6, 6.07) is 4.61. The molecule has 0 spiro atoms. The van der Waals surface area contributed by atoms with Gasteiger partial charge in [-0.3, -0.25) is 0 Å². The second kappa shape index (κ2) is 6.41. The van der Waals surface area contributed by atoms with Gasteiger partial charge >= 0.3 is 6.03 Å². The van der Waals surface area contributed by atoms with Crippen LogP contribution in [0.25, 0.3) is 11.1 Å². The first kappa shape index (κ1) is 13.6. The molecule has 2 N–H and O–H groups in total. The van der Waals surface area contributed by atoms with Crippen molar-refractivity contribution in [3.8, 4) is 11.1 Å². The molecule has 0 saturated heterocycles. The molecule has 0 aliphatic heterocycles. The minimum atomic E-state index is -0.0395. The Morgan fingerprint density at radius 1 is 1.25 bits per heavy atom. The zero-order chi connectivity index (χ0) is 13.8. The quantitative estimate of drug-likeness (QED) is 0.872. The minimum absolute atomic E-state index is 0.0395. The molecule has 106 valence electrons. The third-order valence-electron chi connectivity index (χ3n) is 3.62. The SMILES string of the molecule is O=C(NCc1cc(-c2ccsc2)cs1)NC1CCCC1. The van der Waals surface area contributed by atoms with Gasteiger partial charge in [0.25, 0.3) is 0 Å². The van der Waals surface area contributed by atoms with E-state index in [4.69, 9.17) is 0 Å². The molecule has 5 heteroatoms. The Morgan fingerprint density at radius 3 is 2.85 bits per heavy atom. The van der Waals surface area contributed by atoms with Gasteiger partial charge < -0.3 is 10.6 Å². The fourth-order valence-corrected chi connectivity index (χ4v) is 4.03. The fraction of sp³-hybridized carbons (Fsp3) is 0.400. The maximum absolute atomic E-state index is 11.8. The van der Waals surface area contributed by atoms with E-state index in [0.717, 1.165) is 12.8 Å². The van der Waals surface area contributed by atoms with E-state index in [-0.39, 0.29) is 6.03 Å². The summed E-state index contributed by atoms with van der Waals surface area (Å²) in [6.07, 6.45) is 4.71. The molecule has 20 heavy (non-hydrogen) atoms. The van der Waals surface area contributed by atoms with E-state index in [9.17, 15) is 4.79 Å². The number of amides is 2. The number of hydrogen-bond acceptors (Lipinski definition) is 3. The highest BCUT2D eigenvalue weighted by molar-refractivity contribution is 7.10. The minimum Gasteiger partial charge on any atom is -0.335 e. The number of carbonyl (C=O) groups is 1. The van der Waals surface area contributed by atoms with Crippen LogP contribution in [0.15, 0.2) is 28.3 Å². The van der Waals surface area contributed by atoms with E-state index in [1.165, 1.54) is 28.8 Å². The molecule has 0 radical (unpaired) electrons. The van der Waals surface area contributed by atoms with Crippen LogP contribution in [0.1, 0.15) is 30.6 Å². The number of carbonyl (C=O) groups excluding carboxylic acids is 1. The lowest BCUT2D eigenvalue weighted by atomic mass is 10.2. The van der Waals surface area contributed by atoms with Crippen LogP contribution in [0.2, 0.25) is 0 Å². The average Bonchev–Trinajstić information content (AvgIpc) is 3.18.